The van der Waals surface area contributed by atoms with Gasteiger partial charge in [-0.2, -0.15) is 21.6 Å². The highest BCUT2D eigenvalue weighted by atomic mass is 79.9. The molecule has 0 saturated carbocycles. The van der Waals surface area contributed by atoms with Crippen molar-refractivity contribution < 1.29 is 26.4 Å². The topological polar surface area (TPSA) is 67.8 Å². The number of oxime groups is 1. The highest BCUT2D eigenvalue weighted by molar-refractivity contribution is 9.10. The number of benzene rings is 3. The Morgan fingerprint density at radius 3 is 2.21 bits per heavy atom. The highest BCUT2D eigenvalue weighted by Gasteiger charge is 2.46. The van der Waals surface area contributed by atoms with Gasteiger partial charge in [-0.1, -0.05) is 89.0 Å². The maximum Gasteiger partial charge on any atom is 0.516 e. The molecule has 0 saturated heterocycles. The van der Waals surface area contributed by atoms with Crippen LogP contribution in [0.3, 0.4) is 0 Å². The van der Waals surface area contributed by atoms with E-state index in [-0.39, 0.29) is 23.6 Å². The first-order valence-electron chi connectivity index (χ1n) is 10.3. The smallest absolute Gasteiger partial charge is 0.390 e. The molecule has 3 aromatic rings. The molecule has 0 unspecified atom stereocenters. The summed E-state index contributed by atoms with van der Waals surface area (Å²) < 4.78 is 64.9. The molecule has 10 heteroatoms. The van der Waals surface area contributed by atoms with Crippen molar-refractivity contribution in [3.63, 3.8) is 0 Å². The molecule has 0 heterocycles. The van der Waals surface area contributed by atoms with Crippen LogP contribution in [0.15, 0.2) is 82.4 Å². The maximum absolute atomic E-state index is 13.0. The minimum Gasteiger partial charge on any atom is -0.390 e. The maximum atomic E-state index is 13.0. The van der Waals surface area contributed by atoms with E-state index < -0.39 is 15.5 Å². The van der Waals surface area contributed by atoms with Gasteiger partial charge in [0.2, 0.25) is 0 Å². The van der Waals surface area contributed by atoms with E-state index in [1.807, 2.05) is 38.1 Å². The lowest BCUT2D eigenvalue weighted by atomic mass is 9.99. The third kappa shape index (κ3) is 7.33. The number of alkyl halides is 3. The van der Waals surface area contributed by atoms with Crippen LogP contribution in [0.5, 0.6) is 0 Å². The van der Waals surface area contributed by atoms with Crippen LogP contribution in [0.4, 0.5) is 18.9 Å². The second-order valence-electron chi connectivity index (χ2n) is 6.81. The zero-order valence-corrected chi connectivity index (χ0v) is 21.1. The van der Waals surface area contributed by atoms with Crippen molar-refractivity contribution in [3.8, 4) is 0 Å². The molecule has 0 bridgehead atoms. The number of nitrogens with one attached hydrogen (secondary N) is 1. The van der Waals surface area contributed by atoms with Crippen molar-refractivity contribution in [2.75, 3.05) is 4.72 Å². The van der Waals surface area contributed by atoms with Gasteiger partial charge in [-0.05, 0) is 36.8 Å². The second-order valence-corrected chi connectivity index (χ2v) is 9.40. The quantitative estimate of drug-likeness (QED) is 0.251. The molecule has 0 amide bonds. The number of rotatable bonds is 7. The first kappa shape index (κ1) is 27.4. The predicted octanol–water partition coefficient (Wildman–Crippen LogP) is 7.01. The van der Waals surface area contributed by atoms with Gasteiger partial charge in [-0.15, -0.1) is 0 Å². The minimum absolute atomic E-state index is 0.110. The molecule has 0 atom stereocenters. The summed E-state index contributed by atoms with van der Waals surface area (Å²) in [5.41, 5.74) is -3.31. The first-order chi connectivity index (χ1) is 16.1. The van der Waals surface area contributed by atoms with Gasteiger partial charge >= 0.3 is 15.5 Å². The molecule has 3 rings (SSSR count). The summed E-state index contributed by atoms with van der Waals surface area (Å²) in [6, 6.07) is 20.3. The van der Waals surface area contributed by atoms with Crippen LogP contribution < -0.4 is 4.72 Å². The largest absolute Gasteiger partial charge is 0.516 e. The number of aryl methyl sites for hydroxylation is 1. The van der Waals surface area contributed by atoms with Gasteiger partial charge in [-0.3, -0.25) is 4.72 Å². The highest BCUT2D eigenvalue weighted by Crippen LogP contribution is 2.29. The van der Waals surface area contributed by atoms with Gasteiger partial charge in [0.05, 0.1) is 5.69 Å². The van der Waals surface area contributed by atoms with Crippen LogP contribution in [0.1, 0.15) is 36.1 Å². The Labute approximate surface area is 205 Å². The van der Waals surface area contributed by atoms with Crippen LogP contribution in [0, 0.1) is 6.92 Å². The Bertz CT molecular complexity index is 1210. The second kappa shape index (κ2) is 12.0. The SMILES string of the molecule is CC.Cc1ccc(NS(=O)(=O)C(F)(F)F)c(/C(=N/OCc2ccc(Br)cc2)c2ccccc2)c1. The Balaban J connectivity index is 0.00000199. The van der Waals surface area contributed by atoms with Gasteiger partial charge < -0.3 is 4.84 Å². The lowest BCUT2D eigenvalue weighted by Crippen LogP contribution is -2.30. The number of anilines is 1. The van der Waals surface area contributed by atoms with Gasteiger partial charge in [0.15, 0.2) is 0 Å². The molecule has 34 heavy (non-hydrogen) atoms. The number of hydrogen-bond acceptors (Lipinski definition) is 4. The molecule has 0 fully saturated rings. The van der Waals surface area contributed by atoms with E-state index in [1.165, 1.54) is 12.1 Å². The Kier molecular flexibility index (Phi) is 9.69. The Hall–Kier alpha value is -2.85. The van der Waals surface area contributed by atoms with Crippen molar-refractivity contribution in [1.82, 2.24) is 0 Å². The predicted molar refractivity (Wildman–Crippen MR) is 132 cm³/mol. The third-order valence-corrected chi connectivity index (χ3v) is 5.95. The summed E-state index contributed by atoms with van der Waals surface area (Å²) >= 11 is 3.35. The fourth-order valence-corrected chi connectivity index (χ4v) is 3.60. The monoisotopic (exact) mass is 556 g/mol. The number of halogens is 4. The minimum atomic E-state index is -5.62. The van der Waals surface area contributed by atoms with E-state index in [1.54, 1.807) is 48.0 Å². The molecule has 3 aromatic carbocycles. The van der Waals surface area contributed by atoms with Crippen LogP contribution >= 0.6 is 15.9 Å². The summed E-state index contributed by atoms with van der Waals surface area (Å²) in [5.74, 6) is 0. The lowest BCUT2D eigenvalue weighted by molar-refractivity contribution is -0.0429. The number of hydrogen-bond donors (Lipinski definition) is 1. The summed E-state index contributed by atoms with van der Waals surface area (Å²) in [6.07, 6.45) is 0. The van der Waals surface area contributed by atoms with Crippen LogP contribution in [0.25, 0.3) is 0 Å². The first-order valence-corrected chi connectivity index (χ1v) is 12.5. The van der Waals surface area contributed by atoms with Crippen LogP contribution in [0.2, 0.25) is 0 Å². The van der Waals surface area contributed by atoms with Crippen molar-refractivity contribution in [3.05, 3.63) is 99.5 Å². The van der Waals surface area contributed by atoms with E-state index in [4.69, 9.17) is 4.84 Å². The molecule has 5 nitrogen and oxygen atoms in total. The van der Waals surface area contributed by atoms with Gasteiger partial charge in [-0.25, -0.2) is 0 Å². The molecule has 0 aliphatic heterocycles. The van der Waals surface area contributed by atoms with E-state index in [9.17, 15) is 21.6 Å². The zero-order chi connectivity index (χ0) is 25.4. The summed E-state index contributed by atoms with van der Waals surface area (Å²) in [6.45, 7) is 5.84. The van der Waals surface area contributed by atoms with Crippen molar-refractivity contribution >= 4 is 37.4 Å². The van der Waals surface area contributed by atoms with Crippen molar-refractivity contribution in [2.24, 2.45) is 5.16 Å². The summed E-state index contributed by atoms with van der Waals surface area (Å²) in [5, 5.41) is 4.16. The van der Waals surface area contributed by atoms with E-state index in [2.05, 4.69) is 21.1 Å². The fourth-order valence-electron chi connectivity index (χ4n) is 2.75. The molecular weight excluding hydrogens is 533 g/mol. The van der Waals surface area contributed by atoms with Gasteiger partial charge in [0.1, 0.15) is 12.3 Å². The molecule has 1 N–H and O–H groups in total. The summed E-state index contributed by atoms with van der Waals surface area (Å²) in [4.78, 5) is 5.50. The molecular formula is C24H24BrF3N2O3S. The van der Waals surface area contributed by atoms with Crippen molar-refractivity contribution in [1.29, 1.82) is 0 Å². The normalized spacial score (nSPS) is 11.9. The number of nitrogens with zero attached hydrogens (tertiary/aromatic N) is 1. The number of sulfonamides is 1. The van der Waals surface area contributed by atoms with Crippen molar-refractivity contribution in [2.45, 2.75) is 32.9 Å². The molecule has 182 valence electrons. The third-order valence-electron chi connectivity index (χ3n) is 4.33. The Morgan fingerprint density at radius 1 is 1.00 bits per heavy atom. The van der Waals surface area contributed by atoms with E-state index in [0.717, 1.165) is 10.0 Å². The summed E-state index contributed by atoms with van der Waals surface area (Å²) in [7, 11) is -5.62. The molecule has 0 aliphatic carbocycles. The molecule has 0 aromatic heterocycles. The fraction of sp³-hybridized carbons (Fsp3) is 0.208. The molecule has 0 spiro atoms. The Morgan fingerprint density at radius 2 is 1.62 bits per heavy atom. The average Bonchev–Trinajstić information content (AvgIpc) is 2.80. The van der Waals surface area contributed by atoms with Crippen LogP contribution in [-0.4, -0.2) is 19.6 Å². The van der Waals surface area contributed by atoms with E-state index in [0.29, 0.717) is 11.1 Å². The molecule has 0 aliphatic rings. The van der Waals surface area contributed by atoms with E-state index >= 15 is 0 Å². The average molecular weight is 557 g/mol. The van der Waals surface area contributed by atoms with Crippen LogP contribution in [-0.2, 0) is 21.5 Å². The standard InChI is InChI=1S/C22H18BrF3N2O3S.C2H6/c1-15-7-12-20(28-32(29,30)22(24,25)26)19(13-15)21(17-5-3-2-4-6-17)27-31-14-16-8-10-18(23)11-9-16;1-2/h2-13,28H,14H2,1H3;1-2H3/b27-21+;. The van der Waals surface area contributed by atoms with Gasteiger partial charge in [0.25, 0.3) is 0 Å². The lowest BCUT2D eigenvalue weighted by Gasteiger charge is -2.16. The zero-order valence-electron chi connectivity index (χ0n) is 18.7. The van der Waals surface area contributed by atoms with Gasteiger partial charge in [0, 0.05) is 15.6 Å². The molecule has 0 radical (unpaired) electrons.